The van der Waals surface area contributed by atoms with Gasteiger partial charge in [0.1, 0.15) is 6.04 Å². The van der Waals surface area contributed by atoms with Crippen LogP contribution in [0, 0.1) is 17.8 Å². The maximum atomic E-state index is 12.7. The second-order valence-electron chi connectivity index (χ2n) is 9.59. The first-order chi connectivity index (χ1) is 13.4. The summed E-state index contributed by atoms with van der Waals surface area (Å²) in [6, 6.07) is 0.378. The molecule has 2 aliphatic rings. The third-order valence-corrected chi connectivity index (χ3v) is 6.98. The number of amides is 2. The fraction of sp³-hybridized carbons (Fsp3) is 0.913. The molecule has 1 unspecified atom stereocenters. The monoisotopic (exact) mass is 394 g/mol. The summed E-state index contributed by atoms with van der Waals surface area (Å²) >= 11 is 0. The Labute approximate surface area is 172 Å². The van der Waals surface area contributed by atoms with Crippen LogP contribution < -0.4 is 15.5 Å². The van der Waals surface area contributed by atoms with Crippen molar-refractivity contribution < 1.29 is 14.5 Å². The van der Waals surface area contributed by atoms with Gasteiger partial charge in [0.05, 0.1) is 19.1 Å². The fourth-order valence-electron chi connectivity index (χ4n) is 4.94. The maximum absolute atomic E-state index is 12.7. The minimum absolute atomic E-state index is 0.0202. The van der Waals surface area contributed by atoms with E-state index in [9.17, 15) is 9.59 Å². The SMILES string of the molecule is CC[C@@H]1CCCC[NH+]1CCCNC(=O)[C@H](NC(=O)C1CCC(C)CC1)C(C)C. The van der Waals surface area contributed by atoms with Crippen LogP contribution in [0.5, 0.6) is 0 Å². The maximum Gasteiger partial charge on any atom is 0.242 e. The van der Waals surface area contributed by atoms with E-state index in [0.717, 1.165) is 50.6 Å². The second kappa shape index (κ2) is 11.8. The zero-order chi connectivity index (χ0) is 20.5. The van der Waals surface area contributed by atoms with Gasteiger partial charge in [0.2, 0.25) is 11.8 Å². The number of hydrogen-bond acceptors (Lipinski definition) is 2. The molecule has 3 N–H and O–H groups in total. The predicted octanol–water partition coefficient (Wildman–Crippen LogP) is 2.31. The molecule has 0 aromatic heterocycles. The van der Waals surface area contributed by atoms with E-state index >= 15 is 0 Å². The minimum atomic E-state index is -0.419. The first-order valence-electron chi connectivity index (χ1n) is 11.8. The summed E-state index contributed by atoms with van der Waals surface area (Å²) in [5.74, 6) is 0.961. The lowest BCUT2D eigenvalue weighted by Crippen LogP contribution is -3.16. The molecule has 2 amide bonds. The van der Waals surface area contributed by atoms with Crippen molar-refractivity contribution in [3.8, 4) is 0 Å². The number of carbonyl (C=O) groups excluding carboxylic acids is 2. The van der Waals surface area contributed by atoms with E-state index in [0.29, 0.717) is 6.54 Å². The van der Waals surface area contributed by atoms with Gasteiger partial charge in [-0.3, -0.25) is 9.59 Å². The summed E-state index contributed by atoms with van der Waals surface area (Å²) in [5, 5.41) is 6.14. The molecule has 1 aliphatic carbocycles. The Morgan fingerprint density at radius 1 is 1.07 bits per heavy atom. The van der Waals surface area contributed by atoms with E-state index in [-0.39, 0.29) is 23.7 Å². The van der Waals surface area contributed by atoms with Gasteiger partial charge in [0.25, 0.3) is 0 Å². The van der Waals surface area contributed by atoms with E-state index in [4.69, 9.17) is 0 Å². The van der Waals surface area contributed by atoms with Crippen LogP contribution in [0.25, 0.3) is 0 Å². The van der Waals surface area contributed by atoms with Crippen molar-refractivity contribution in [3.05, 3.63) is 0 Å². The van der Waals surface area contributed by atoms with Crippen molar-refractivity contribution in [3.63, 3.8) is 0 Å². The van der Waals surface area contributed by atoms with E-state index in [1.54, 1.807) is 4.90 Å². The van der Waals surface area contributed by atoms with E-state index < -0.39 is 6.04 Å². The molecule has 3 atom stereocenters. The minimum Gasteiger partial charge on any atom is -0.354 e. The number of piperidine rings is 1. The van der Waals surface area contributed by atoms with Crippen LogP contribution in [-0.2, 0) is 9.59 Å². The molecule has 0 spiro atoms. The van der Waals surface area contributed by atoms with Crippen molar-refractivity contribution in [1.82, 2.24) is 10.6 Å². The van der Waals surface area contributed by atoms with Gasteiger partial charge in [-0.25, -0.2) is 0 Å². The lowest BCUT2D eigenvalue weighted by Gasteiger charge is -2.32. The van der Waals surface area contributed by atoms with Gasteiger partial charge in [0.15, 0.2) is 0 Å². The second-order valence-corrected chi connectivity index (χ2v) is 9.59. The van der Waals surface area contributed by atoms with Crippen LogP contribution in [0.2, 0.25) is 0 Å². The van der Waals surface area contributed by atoms with E-state index in [2.05, 4.69) is 24.5 Å². The number of carbonyl (C=O) groups is 2. The molecule has 28 heavy (non-hydrogen) atoms. The van der Waals surface area contributed by atoms with E-state index in [1.807, 2.05) is 13.8 Å². The van der Waals surface area contributed by atoms with Crippen LogP contribution in [0.4, 0.5) is 0 Å². The van der Waals surface area contributed by atoms with Crippen molar-refractivity contribution >= 4 is 11.8 Å². The Hall–Kier alpha value is -1.10. The number of likely N-dealkylation sites (tertiary alicyclic amines) is 1. The van der Waals surface area contributed by atoms with Crippen LogP contribution >= 0.6 is 0 Å². The van der Waals surface area contributed by atoms with Gasteiger partial charge in [-0.15, -0.1) is 0 Å². The molecule has 0 bridgehead atoms. The summed E-state index contributed by atoms with van der Waals surface area (Å²) in [7, 11) is 0. The number of quaternary nitrogens is 1. The zero-order valence-corrected chi connectivity index (χ0v) is 18.7. The molecule has 0 aromatic rings. The topological polar surface area (TPSA) is 62.6 Å². The molecule has 5 heteroatoms. The van der Waals surface area contributed by atoms with Crippen LogP contribution in [0.3, 0.4) is 0 Å². The Morgan fingerprint density at radius 3 is 2.43 bits per heavy atom. The molecule has 2 fully saturated rings. The lowest BCUT2D eigenvalue weighted by atomic mass is 9.82. The Morgan fingerprint density at radius 2 is 1.79 bits per heavy atom. The number of nitrogens with one attached hydrogen (secondary N) is 3. The molecule has 5 nitrogen and oxygen atoms in total. The van der Waals surface area contributed by atoms with Gasteiger partial charge in [-0.1, -0.05) is 27.7 Å². The zero-order valence-electron chi connectivity index (χ0n) is 18.7. The third-order valence-electron chi connectivity index (χ3n) is 6.98. The Kier molecular flexibility index (Phi) is 9.76. The average Bonchev–Trinajstić information content (AvgIpc) is 2.69. The third kappa shape index (κ3) is 7.06. The molecule has 0 radical (unpaired) electrons. The van der Waals surface area contributed by atoms with Crippen LogP contribution in [0.15, 0.2) is 0 Å². The number of rotatable bonds is 9. The highest BCUT2D eigenvalue weighted by Crippen LogP contribution is 2.28. The normalized spacial score (nSPS) is 29.3. The molecule has 1 saturated carbocycles. The van der Waals surface area contributed by atoms with Crippen molar-refractivity contribution in [2.24, 2.45) is 17.8 Å². The van der Waals surface area contributed by atoms with Crippen molar-refractivity contribution in [2.45, 2.75) is 97.6 Å². The smallest absolute Gasteiger partial charge is 0.242 e. The summed E-state index contributed by atoms with van der Waals surface area (Å²) in [6.45, 7) is 11.7. The standard InChI is InChI=1S/C23H43N3O2/c1-5-20-9-6-7-15-26(20)16-8-14-24-23(28)21(17(2)3)25-22(27)19-12-10-18(4)11-13-19/h17-21H,5-16H2,1-4H3,(H,24,28)(H,25,27)/p+1/t18?,19?,20-,21-/m1/s1. The van der Waals surface area contributed by atoms with Gasteiger partial charge in [0, 0.05) is 18.9 Å². The van der Waals surface area contributed by atoms with Crippen LogP contribution in [0.1, 0.15) is 85.5 Å². The first kappa shape index (κ1) is 23.2. The van der Waals surface area contributed by atoms with Crippen LogP contribution in [-0.4, -0.2) is 43.5 Å². The van der Waals surface area contributed by atoms with Crippen molar-refractivity contribution in [1.29, 1.82) is 0 Å². The molecule has 162 valence electrons. The van der Waals surface area contributed by atoms with Gasteiger partial charge >= 0.3 is 0 Å². The summed E-state index contributed by atoms with van der Waals surface area (Å²) < 4.78 is 0. The molecule has 0 aromatic carbocycles. The average molecular weight is 395 g/mol. The Balaban J connectivity index is 1.73. The first-order valence-corrected chi connectivity index (χ1v) is 11.8. The quantitative estimate of drug-likeness (QED) is 0.526. The molecular weight excluding hydrogens is 350 g/mol. The van der Waals surface area contributed by atoms with Crippen molar-refractivity contribution in [2.75, 3.05) is 19.6 Å². The highest BCUT2D eigenvalue weighted by molar-refractivity contribution is 5.88. The Bertz CT molecular complexity index is 486. The predicted molar refractivity (Wildman–Crippen MR) is 114 cm³/mol. The molecule has 1 heterocycles. The molecular formula is C23H44N3O2+. The fourth-order valence-corrected chi connectivity index (χ4v) is 4.94. The lowest BCUT2D eigenvalue weighted by molar-refractivity contribution is -0.930. The summed E-state index contributed by atoms with van der Waals surface area (Å²) in [4.78, 5) is 27.0. The highest BCUT2D eigenvalue weighted by atomic mass is 16.2. The largest absolute Gasteiger partial charge is 0.354 e. The molecule has 2 rings (SSSR count). The molecule has 1 aliphatic heterocycles. The number of hydrogen-bond donors (Lipinski definition) is 3. The van der Waals surface area contributed by atoms with Gasteiger partial charge in [-0.05, 0) is 63.2 Å². The van der Waals surface area contributed by atoms with Gasteiger partial charge in [-0.2, -0.15) is 0 Å². The highest BCUT2D eigenvalue weighted by Gasteiger charge is 2.30. The summed E-state index contributed by atoms with van der Waals surface area (Å²) in [5.41, 5.74) is 0. The molecule has 1 saturated heterocycles. The summed E-state index contributed by atoms with van der Waals surface area (Å²) in [6.07, 6.45) is 10.5. The van der Waals surface area contributed by atoms with Gasteiger partial charge < -0.3 is 15.5 Å². The van der Waals surface area contributed by atoms with E-state index in [1.165, 1.54) is 32.2 Å².